The molecule has 3 N–H and O–H groups in total. The minimum atomic E-state index is -4.47. The van der Waals surface area contributed by atoms with Crippen molar-refractivity contribution in [1.82, 2.24) is 4.90 Å². The minimum absolute atomic E-state index is 0.0107. The van der Waals surface area contributed by atoms with Crippen LogP contribution in [0.5, 0.6) is 0 Å². The van der Waals surface area contributed by atoms with Gasteiger partial charge in [0.15, 0.2) is 0 Å². The standard InChI is InChI=1S/C11H21F3N2O2/c1-8(2)5-9(6-15)10(18)16(3-4-17)7-11(12,13)14/h8-9,17H,3-7,15H2,1-2H3. The van der Waals surface area contributed by atoms with Gasteiger partial charge in [-0.3, -0.25) is 4.79 Å². The monoisotopic (exact) mass is 270 g/mol. The normalized spacial score (nSPS) is 13.8. The number of amides is 1. The van der Waals surface area contributed by atoms with Gasteiger partial charge in [0.1, 0.15) is 6.54 Å². The summed E-state index contributed by atoms with van der Waals surface area (Å²) in [7, 11) is 0. The van der Waals surface area contributed by atoms with Crippen LogP contribution in [0.25, 0.3) is 0 Å². The molecule has 0 aliphatic heterocycles. The average molecular weight is 270 g/mol. The summed E-state index contributed by atoms with van der Waals surface area (Å²) in [4.78, 5) is 12.5. The zero-order chi connectivity index (χ0) is 14.3. The van der Waals surface area contributed by atoms with Gasteiger partial charge in [-0.2, -0.15) is 13.2 Å². The van der Waals surface area contributed by atoms with Crippen LogP contribution in [0.15, 0.2) is 0 Å². The topological polar surface area (TPSA) is 66.6 Å². The van der Waals surface area contributed by atoms with E-state index >= 15 is 0 Å². The molecule has 108 valence electrons. The molecule has 0 radical (unpaired) electrons. The van der Waals surface area contributed by atoms with Crippen molar-refractivity contribution in [3.63, 3.8) is 0 Å². The van der Waals surface area contributed by atoms with Crippen LogP contribution in [0.2, 0.25) is 0 Å². The second-order valence-corrected chi connectivity index (χ2v) is 4.66. The van der Waals surface area contributed by atoms with Crippen molar-refractivity contribution in [3.05, 3.63) is 0 Å². The smallest absolute Gasteiger partial charge is 0.395 e. The first kappa shape index (κ1) is 17.2. The number of carbonyl (C=O) groups is 1. The van der Waals surface area contributed by atoms with Gasteiger partial charge in [0.05, 0.1) is 12.5 Å². The van der Waals surface area contributed by atoms with Gasteiger partial charge < -0.3 is 15.7 Å². The van der Waals surface area contributed by atoms with E-state index in [1.54, 1.807) is 0 Å². The van der Waals surface area contributed by atoms with Crippen molar-refractivity contribution in [2.75, 3.05) is 26.2 Å². The zero-order valence-electron chi connectivity index (χ0n) is 10.7. The average Bonchev–Trinajstić information content (AvgIpc) is 2.22. The lowest BCUT2D eigenvalue weighted by atomic mass is 9.96. The molecule has 1 amide bonds. The predicted molar refractivity (Wildman–Crippen MR) is 61.7 cm³/mol. The third-order valence-corrected chi connectivity index (χ3v) is 2.44. The number of alkyl halides is 3. The molecule has 0 saturated carbocycles. The molecule has 4 nitrogen and oxygen atoms in total. The van der Waals surface area contributed by atoms with Crippen LogP contribution in [0.3, 0.4) is 0 Å². The Bertz CT molecular complexity index is 257. The summed E-state index contributed by atoms with van der Waals surface area (Å²) in [6, 6.07) is 0. The summed E-state index contributed by atoms with van der Waals surface area (Å²) in [5, 5.41) is 8.73. The van der Waals surface area contributed by atoms with Crippen molar-refractivity contribution < 1.29 is 23.1 Å². The molecule has 0 saturated heterocycles. The van der Waals surface area contributed by atoms with Gasteiger partial charge >= 0.3 is 6.18 Å². The predicted octanol–water partition coefficient (Wildman–Crippen LogP) is 0.991. The lowest BCUT2D eigenvalue weighted by molar-refractivity contribution is -0.164. The fraction of sp³-hybridized carbons (Fsp3) is 0.909. The number of halogens is 3. The molecular formula is C11H21F3N2O2. The van der Waals surface area contributed by atoms with E-state index < -0.39 is 31.2 Å². The highest BCUT2D eigenvalue weighted by Crippen LogP contribution is 2.19. The maximum Gasteiger partial charge on any atom is 0.406 e. The van der Waals surface area contributed by atoms with E-state index in [-0.39, 0.29) is 19.0 Å². The largest absolute Gasteiger partial charge is 0.406 e. The van der Waals surface area contributed by atoms with Gasteiger partial charge in [0, 0.05) is 13.1 Å². The Kier molecular flexibility index (Phi) is 7.23. The number of rotatable bonds is 7. The highest BCUT2D eigenvalue weighted by atomic mass is 19.4. The van der Waals surface area contributed by atoms with Crippen molar-refractivity contribution in [2.24, 2.45) is 17.6 Å². The number of hydrogen-bond acceptors (Lipinski definition) is 3. The van der Waals surface area contributed by atoms with Crippen LogP contribution in [-0.2, 0) is 4.79 Å². The maximum absolute atomic E-state index is 12.3. The number of hydrogen-bond donors (Lipinski definition) is 2. The van der Waals surface area contributed by atoms with Gasteiger partial charge in [-0.15, -0.1) is 0 Å². The van der Waals surface area contributed by atoms with E-state index in [2.05, 4.69) is 0 Å². The molecule has 7 heteroatoms. The summed E-state index contributed by atoms with van der Waals surface area (Å²) in [6.45, 7) is 1.58. The molecule has 18 heavy (non-hydrogen) atoms. The third-order valence-electron chi connectivity index (χ3n) is 2.44. The minimum Gasteiger partial charge on any atom is -0.395 e. The van der Waals surface area contributed by atoms with Crippen LogP contribution >= 0.6 is 0 Å². The van der Waals surface area contributed by atoms with E-state index in [1.165, 1.54) is 0 Å². The van der Waals surface area contributed by atoms with Crippen LogP contribution in [-0.4, -0.2) is 48.3 Å². The lowest BCUT2D eigenvalue weighted by Crippen LogP contribution is -2.45. The zero-order valence-corrected chi connectivity index (χ0v) is 10.7. The van der Waals surface area contributed by atoms with Crippen LogP contribution in [0.4, 0.5) is 13.2 Å². The first-order valence-electron chi connectivity index (χ1n) is 5.87. The van der Waals surface area contributed by atoms with E-state index in [9.17, 15) is 18.0 Å². The molecule has 1 atom stereocenters. The Morgan fingerprint density at radius 1 is 1.39 bits per heavy atom. The van der Waals surface area contributed by atoms with E-state index in [1.807, 2.05) is 13.8 Å². The molecule has 0 aliphatic rings. The Balaban J connectivity index is 4.71. The molecule has 0 spiro atoms. The Hall–Kier alpha value is -0.820. The molecule has 0 aromatic carbocycles. The lowest BCUT2D eigenvalue weighted by Gasteiger charge is -2.27. The number of nitrogens with zero attached hydrogens (tertiary/aromatic N) is 1. The molecule has 0 bridgehead atoms. The second kappa shape index (κ2) is 7.58. The van der Waals surface area contributed by atoms with Crippen molar-refractivity contribution in [3.8, 4) is 0 Å². The molecule has 0 aliphatic carbocycles. The highest BCUT2D eigenvalue weighted by molar-refractivity contribution is 5.79. The summed E-state index contributed by atoms with van der Waals surface area (Å²) >= 11 is 0. The first-order chi connectivity index (χ1) is 8.21. The molecule has 0 fully saturated rings. The molecule has 1 unspecified atom stereocenters. The Labute approximate surface area is 105 Å². The molecule has 0 heterocycles. The van der Waals surface area contributed by atoms with Crippen LogP contribution in [0.1, 0.15) is 20.3 Å². The van der Waals surface area contributed by atoms with Gasteiger partial charge in [-0.05, 0) is 12.3 Å². The van der Waals surface area contributed by atoms with E-state index in [0.29, 0.717) is 11.3 Å². The fourth-order valence-corrected chi connectivity index (χ4v) is 1.73. The van der Waals surface area contributed by atoms with Crippen LogP contribution in [0, 0.1) is 11.8 Å². The maximum atomic E-state index is 12.3. The molecule has 0 rings (SSSR count). The van der Waals surface area contributed by atoms with Gasteiger partial charge in [-0.25, -0.2) is 0 Å². The number of aliphatic hydroxyl groups excluding tert-OH is 1. The molecule has 0 aromatic rings. The first-order valence-corrected chi connectivity index (χ1v) is 5.87. The fourth-order valence-electron chi connectivity index (χ4n) is 1.73. The Morgan fingerprint density at radius 3 is 2.28 bits per heavy atom. The number of nitrogens with two attached hydrogens (primary N) is 1. The summed E-state index contributed by atoms with van der Waals surface area (Å²) < 4.78 is 36.9. The van der Waals surface area contributed by atoms with Gasteiger partial charge in [-0.1, -0.05) is 13.8 Å². The highest BCUT2D eigenvalue weighted by Gasteiger charge is 2.34. The van der Waals surface area contributed by atoms with E-state index in [4.69, 9.17) is 10.8 Å². The van der Waals surface area contributed by atoms with Crippen molar-refractivity contribution in [2.45, 2.75) is 26.4 Å². The number of carbonyl (C=O) groups excluding carboxylic acids is 1. The second-order valence-electron chi connectivity index (χ2n) is 4.66. The van der Waals surface area contributed by atoms with Crippen LogP contribution < -0.4 is 5.73 Å². The quantitative estimate of drug-likeness (QED) is 0.725. The third kappa shape index (κ3) is 6.80. The SMILES string of the molecule is CC(C)CC(CN)C(=O)N(CCO)CC(F)(F)F. The molecule has 0 aromatic heterocycles. The van der Waals surface area contributed by atoms with E-state index in [0.717, 1.165) is 0 Å². The molecular weight excluding hydrogens is 249 g/mol. The van der Waals surface area contributed by atoms with Gasteiger partial charge in [0.25, 0.3) is 0 Å². The Morgan fingerprint density at radius 2 is 1.94 bits per heavy atom. The summed E-state index contributed by atoms with van der Waals surface area (Å²) in [5.74, 6) is -1.10. The van der Waals surface area contributed by atoms with Gasteiger partial charge in [0.2, 0.25) is 5.91 Å². The van der Waals surface area contributed by atoms with Crippen molar-refractivity contribution >= 4 is 5.91 Å². The van der Waals surface area contributed by atoms with Crippen molar-refractivity contribution in [1.29, 1.82) is 0 Å². The summed E-state index contributed by atoms with van der Waals surface area (Å²) in [5.41, 5.74) is 5.43. The number of aliphatic hydroxyl groups is 1. The summed E-state index contributed by atoms with van der Waals surface area (Å²) in [6.07, 6.45) is -4.03.